The van der Waals surface area contributed by atoms with Crippen LogP contribution in [0.5, 0.6) is 0 Å². The van der Waals surface area contributed by atoms with Gasteiger partial charge in [0.2, 0.25) is 0 Å². The molecular weight excluding hydrogens is 123 g/mol. The third-order valence-corrected chi connectivity index (χ3v) is 0.691. The molecule has 0 amide bonds. The molecule has 52 valence electrons. The zero-order valence-corrected chi connectivity index (χ0v) is 5.20. The average Bonchev–Trinajstić information content (AvgIpc) is 1.63. The maximum Gasteiger partial charge on any atom is 0.709 e. The molecule has 5 heteroatoms. The monoisotopic (exact) mass is 132 g/mol. The molecular formula is C4H9BO4. The van der Waals surface area contributed by atoms with Crippen molar-refractivity contribution in [2.75, 3.05) is 0 Å². The maximum atomic E-state index is 10.3. The number of hydrogen-bond acceptors (Lipinski definition) is 4. The molecule has 0 aliphatic rings. The van der Waals surface area contributed by atoms with Gasteiger partial charge in [-0.3, -0.25) is 4.79 Å². The second kappa shape index (κ2) is 4.35. The highest BCUT2D eigenvalue weighted by Crippen LogP contribution is 1.90. The predicted molar refractivity (Wildman–Crippen MR) is 31.2 cm³/mol. The van der Waals surface area contributed by atoms with Crippen molar-refractivity contribution in [3.8, 4) is 0 Å². The fraction of sp³-hybridized carbons (Fsp3) is 0.750. The molecule has 0 rings (SSSR count). The zero-order chi connectivity index (χ0) is 7.28. The van der Waals surface area contributed by atoms with Crippen molar-refractivity contribution in [2.24, 2.45) is 0 Å². The van der Waals surface area contributed by atoms with Crippen LogP contribution < -0.4 is 0 Å². The van der Waals surface area contributed by atoms with E-state index in [0.717, 1.165) is 0 Å². The van der Waals surface area contributed by atoms with Gasteiger partial charge in [-0.1, -0.05) is 6.92 Å². The van der Waals surface area contributed by atoms with Gasteiger partial charge in [0.25, 0.3) is 5.97 Å². The number of rotatable bonds is 3. The fourth-order valence-electron chi connectivity index (χ4n) is 0.381. The van der Waals surface area contributed by atoms with Gasteiger partial charge in [-0.2, -0.15) is 0 Å². The van der Waals surface area contributed by atoms with Crippen molar-refractivity contribution in [2.45, 2.75) is 19.8 Å². The van der Waals surface area contributed by atoms with E-state index in [1.54, 1.807) is 6.92 Å². The van der Waals surface area contributed by atoms with E-state index in [1.807, 2.05) is 0 Å². The molecule has 0 unspecified atom stereocenters. The van der Waals surface area contributed by atoms with E-state index in [9.17, 15) is 4.79 Å². The lowest BCUT2D eigenvalue weighted by atomic mass is 10.2. The molecule has 0 aliphatic carbocycles. The zero-order valence-electron chi connectivity index (χ0n) is 5.20. The van der Waals surface area contributed by atoms with Gasteiger partial charge in [0.05, 0.1) is 0 Å². The molecule has 0 saturated carbocycles. The molecule has 0 radical (unpaired) electrons. The molecule has 0 saturated heterocycles. The Kier molecular flexibility index (Phi) is 4.08. The molecule has 0 atom stereocenters. The highest BCUT2D eigenvalue weighted by Gasteiger charge is 2.14. The van der Waals surface area contributed by atoms with Gasteiger partial charge in [0.1, 0.15) is 0 Å². The second-order valence-electron chi connectivity index (χ2n) is 1.57. The second-order valence-corrected chi connectivity index (χ2v) is 1.57. The molecule has 0 aliphatic heterocycles. The number of carbonyl (C=O) groups excluding carboxylic acids is 1. The van der Waals surface area contributed by atoms with E-state index in [0.29, 0.717) is 6.42 Å². The molecule has 0 aromatic heterocycles. The first-order chi connectivity index (χ1) is 4.16. The van der Waals surface area contributed by atoms with Gasteiger partial charge in [-0.15, -0.1) is 0 Å². The van der Waals surface area contributed by atoms with E-state index in [1.165, 1.54) is 0 Å². The van der Waals surface area contributed by atoms with Gasteiger partial charge < -0.3 is 14.7 Å². The molecule has 0 heterocycles. The summed E-state index contributed by atoms with van der Waals surface area (Å²) in [6, 6.07) is 0. The van der Waals surface area contributed by atoms with Crippen molar-refractivity contribution >= 4 is 13.3 Å². The van der Waals surface area contributed by atoms with Crippen LogP contribution in [-0.4, -0.2) is 23.3 Å². The van der Waals surface area contributed by atoms with E-state index in [2.05, 4.69) is 4.65 Å². The normalized spacial score (nSPS) is 8.78. The van der Waals surface area contributed by atoms with Crippen molar-refractivity contribution in [1.82, 2.24) is 0 Å². The lowest BCUT2D eigenvalue weighted by Gasteiger charge is -1.99. The summed E-state index contributed by atoms with van der Waals surface area (Å²) in [5.74, 6) is -0.590. The van der Waals surface area contributed by atoms with Gasteiger partial charge >= 0.3 is 7.32 Å². The lowest BCUT2D eigenvalue weighted by Crippen LogP contribution is -2.21. The summed E-state index contributed by atoms with van der Waals surface area (Å²) in [5, 5.41) is 16.1. The van der Waals surface area contributed by atoms with E-state index in [4.69, 9.17) is 10.0 Å². The molecule has 0 aromatic rings. The molecule has 9 heavy (non-hydrogen) atoms. The van der Waals surface area contributed by atoms with Crippen LogP contribution in [-0.2, 0) is 9.45 Å². The van der Waals surface area contributed by atoms with Crippen molar-refractivity contribution < 1.29 is 19.5 Å². The van der Waals surface area contributed by atoms with Crippen LogP contribution in [0.15, 0.2) is 0 Å². The first-order valence-corrected chi connectivity index (χ1v) is 2.72. The standard InChI is InChI=1S/C4H9BO4/c1-2-3-4(6)9-5(7)8/h7-8H,2-3H2,1H3. The predicted octanol–water partition coefficient (Wildman–Crippen LogP) is -0.701. The first-order valence-electron chi connectivity index (χ1n) is 2.72. The van der Waals surface area contributed by atoms with Crippen LogP contribution in [0.2, 0.25) is 0 Å². The van der Waals surface area contributed by atoms with Crippen LogP contribution in [0.4, 0.5) is 0 Å². The van der Waals surface area contributed by atoms with Crippen molar-refractivity contribution in [3.05, 3.63) is 0 Å². The molecule has 0 spiro atoms. The Balaban J connectivity index is 3.27. The smallest absolute Gasteiger partial charge is 0.485 e. The molecule has 0 aromatic carbocycles. The molecule has 2 N–H and O–H groups in total. The topological polar surface area (TPSA) is 66.8 Å². The van der Waals surface area contributed by atoms with Gasteiger partial charge in [-0.25, -0.2) is 0 Å². The maximum absolute atomic E-state index is 10.3. The largest absolute Gasteiger partial charge is 0.709 e. The Labute approximate surface area is 53.6 Å². The Morgan fingerprint density at radius 3 is 2.56 bits per heavy atom. The van der Waals surface area contributed by atoms with Crippen LogP contribution in [0.25, 0.3) is 0 Å². The van der Waals surface area contributed by atoms with E-state index in [-0.39, 0.29) is 6.42 Å². The van der Waals surface area contributed by atoms with Crippen LogP contribution in [0, 0.1) is 0 Å². The highest BCUT2D eigenvalue weighted by molar-refractivity contribution is 6.35. The quantitative estimate of drug-likeness (QED) is 0.498. The third kappa shape index (κ3) is 5.32. The van der Waals surface area contributed by atoms with Gasteiger partial charge in [0.15, 0.2) is 0 Å². The minimum absolute atomic E-state index is 0.220. The van der Waals surface area contributed by atoms with Gasteiger partial charge in [0, 0.05) is 6.42 Å². The minimum Gasteiger partial charge on any atom is -0.485 e. The summed E-state index contributed by atoms with van der Waals surface area (Å²) in [6.07, 6.45) is 0.864. The Morgan fingerprint density at radius 1 is 1.67 bits per heavy atom. The van der Waals surface area contributed by atoms with Gasteiger partial charge in [-0.05, 0) is 6.42 Å². The summed E-state index contributed by atoms with van der Waals surface area (Å²) in [7, 11) is -1.97. The number of carbonyl (C=O) groups is 1. The summed E-state index contributed by atoms with van der Waals surface area (Å²) in [5.41, 5.74) is 0. The summed E-state index contributed by atoms with van der Waals surface area (Å²) >= 11 is 0. The van der Waals surface area contributed by atoms with E-state index < -0.39 is 13.3 Å². The molecule has 0 fully saturated rings. The summed E-state index contributed by atoms with van der Waals surface area (Å²) < 4.78 is 3.96. The Bertz CT molecular complexity index is 92.6. The van der Waals surface area contributed by atoms with Crippen LogP contribution in [0.1, 0.15) is 19.8 Å². The SMILES string of the molecule is CCCC(=O)OB(O)O. The fourth-order valence-corrected chi connectivity index (χ4v) is 0.381. The van der Waals surface area contributed by atoms with Crippen molar-refractivity contribution in [1.29, 1.82) is 0 Å². The van der Waals surface area contributed by atoms with E-state index >= 15 is 0 Å². The highest BCUT2D eigenvalue weighted by atomic mass is 16.6. The lowest BCUT2D eigenvalue weighted by molar-refractivity contribution is -0.136. The Morgan fingerprint density at radius 2 is 2.22 bits per heavy atom. The van der Waals surface area contributed by atoms with Crippen molar-refractivity contribution in [3.63, 3.8) is 0 Å². The third-order valence-electron chi connectivity index (χ3n) is 0.691. The Hall–Kier alpha value is -0.545. The summed E-state index contributed by atoms with van der Waals surface area (Å²) in [4.78, 5) is 10.3. The summed E-state index contributed by atoms with van der Waals surface area (Å²) in [6.45, 7) is 1.80. The minimum atomic E-state index is -1.97. The molecule has 0 bridgehead atoms. The first kappa shape index (κ1) is 8.45. The average molecular weight is 132 g/mol. The molecule has 4 nitrogen and oxygen atoms in total. The van der Waals surface area contributed by atoms with Crippen LogP contribution >= 0.6 is 0 Å². The van der Waals surface area contributed by atoms with Crippen LogP contribution in [0.3, 0.4) is 0 Å². The number of hydrogen-bond donors (Lipinski definition) is 2.